The molecule has 61 heavy (non-hydrogen) atoms. The maximum atomic E-state index is 2.45. The molecule has 6 fully saturated rings. The van der Waals surface area contributed by atoms with Gasteiger partial charge in [-0.05, 0) is 47.3 Å². The SMILES string of the molecule is C.C.C.CC.CC.CC1CCCC(C)CCC1.CC1CCCC(C2CCCCCCC2)CCC1.CC1CCCCCCC1.CC1CCCCCCC1.CC1CCCCCCC1. The Morgan fingerprint density at radius 3 is 0.475 bits per heavy atom. The minimum absolute atomic E-state index is 0. The van der Waals surface area contributed by atoms with Gasteiger partial charge in [0.25, 0.3) is 0 Å². The van der Waals surface area contributed by atoms with E-state index < -0.39 is 0 Å². The molecule has 0 heterocycles. The van der Waals surface area contributed by atoms with Crippen molar-refractivity contribution in [1.82, 2.24) is 0 Å². The Kier molecular flexibility index (Phi) is 56.5. The van der Waals surface area contributed by atoms with Crippen LogP contribution in [0.2, 0.25) is 0 Å². The maximum absolute atomic E-state index is 2.45. The molecule has 374 valence electrons. The Balaban J connectivity index is -0.000000330. The van der Waals surface area contributed by atoms with E-state index in [9.17, 15) is 0 Å². The van der Waals surface area contributed by atoms with Crippen LogP contribution < -0.4 is 0 Å². The van der Waals surface area contributed by atoms with E-state index in [1.807, 2.05) is 27.7 Å². The number of hydrogen-bond donors (Lipinski definition) is 0. The third-order valence-electron chi connectivity index (χ3n) is 15.3. The van der Waals surface area contributed by atoms with Crippen molar-refractivity contribution in [2.24, 2.45) is 47.3 Å². The zero-order chi connectivity index (χ0) is 42.9. The zero-order valence-corrected chi connectivity index (χ0v) is 42.9. The molecule has 0 spiro atoms. The Labute approximate surface area is 394 Å². The predicted octanol–water partition coefficient (Wildman–Crippen LogP) is 23.6. The molecule has 6 aliphatic carbocycles. The molecule has 0 aliphatic heterocycles. The van der Waals surface area contributed by atoms with Gasteiger partial charge in [-0.15, -0.1) is 0 Å². The van der Waals surface area contributed by atoms with Crippen molar-refractivity contribution in [3.63, 3.8) is 0 Å². The fraction of sp³-hybridized carbons (Fsp3) is 1.00. The second-order valence-corrected chi connectivity index (χ2v) is 21.3. The molecule has 0 saturated heterocycles. The van der Waals surface area contributed by atoms with Crippen molar-refractivity contribution in [3.8, 4) is 0 Å². The molecule has 6 saturated carbocycles. The highest BCUT2D eigenvalue weighted by Crippen LogP contribution is 2.37. The van der Waals surface area contributed by atoms with Gasteiger partial charge in [0, 0.05) is 0 Å². The highest BCUT2D eigenvalue weighted by atomic mass is 14.3. The monoisotopic (exact) mass is 863 g/mol. The maximum Gasteiger partial charge on any atom is -0.0386 e. The molecule has 6 rings (SSSR count). The van der Waals surface area contributed by atoms with E-state index >= 15 is 0 Å². The van der Waals surface area contributed by atoms with Crippen LogP contribution in [0.1, 0.15) is 348 Å². The van der Waals surface area contributed by atoms with E-state index in [0.717, 1.165) is 47.3 Å². The van der Waals surface area contributed by atoms with Crippen LogP contribution in [0, 0.1) is 47.3 Å². The summed E-state index contributed by atoms with van der Waals surface area (Å²) >= 11 is 0. The van der Waals surface area contributed by atoms with Gasteiger partial charge >= 0.3 is 0 Å². The van der Waals surface area contributed by atoms with Gasteiger partial charge in [-0.2, -0.15) is 0 Å². The van der Waals surface area contributed by atoms with E-state index in [0.29, 0.717) is 0 Å². The molecule has 0 heteroatoms. The van der Waals surface area contributed by atoms with E-state index in [-0.39, 0.29) is 22.3 Å². The minimum atomic E-state index is 0. The van der Waals surface area contributed by atoms with Gasteiger partial charge in [-0.3, -0.25) is 0 Å². The van der Waals surface area contributed by atoms with Gasteiger partial charge in [0.2, 0.25) is 0 Å². The molecule has 0 aromatic carbocycles. The van der Waals surface area contributed by atoms with Gasteiger partial charge in [0.15, 0.2) is 0 Å². The molecule has 6 aliphatic rings. The standard InChI is InChI=1S/C17H32.C10H20.3C9H18.2C2H6.3CH4/c1-15-9-7-13-17(14-8-10-15)16-11-5-3-2-4-6-12-16;1-9-5-3-7-10(2)8-4-6-9;3*1-9-7-5-3-2-4-6-8-9;2*1-2;;;/h15-17H,2-14H2,1H3;9-10H,3-8H2,1-2H3;3*9H,2-8H2,1H3;2*1-2H3;3*1H4. The molecule has 0 nitrogen and oxygen atoms in total. The van der Waals surface area contributed by atoms with Crippen LogP contribution in [0.5, 0.6) is 0 Å². The average Bonchev–Trinajstić information content (AvgIpc) is 3.17. The average molecular weight is 864 g/mol. The summed E-state index contributed by atoms with van der Waals surface area (Å²) in [7, 11) is 0. The Morgan fingerprint density at radius 2 is 0.279 bits per heavy atom. The summed E-state index contributed by atoms with van der Waals surface area (Å²) < 4.78 is 0. The topological polar surface area (TPSA) is 0 Å². The number of rotatable bonds is 1. The highest BCUT2D eigenvalue weighted by Gasteiger charge is 2.23. The second kappa shape index (κ2) is 51.0. The van der Waals surface area contributed by atoms with Gasteiger partial charge in [0.05, 0.1) is 0 Å². The fourth-order valence-corrected chi connectivity index (χ4v) is 11.1. The molecular formula is C61H130. The first kappa shape index (κ1) is 67.6. The van der Waals surface area contributed by atoms with Crippen molar-refractivity contribution in [1.29, 1.82) is 0 Å². The lowest BCUT2D eigenvalue weighted by Crippen LogP contribution is -2.18. The van der Waals surface area contributed by atoms with Crippen LogP contribution >= 0.6 is 0 Å². The third kappa shape index (κ3) is 43.7. The largest absolute Gasteiger partial charge is 0.0776 e. The summed E-state index contributed by atoms with van der Waals surface area (Å²) in [4.78, 5) is 0. The highest BCUT2D eigenvalue weighted by molar-refractivity contribution is 4.75. The van der Waals surface area contributed by atoms with Crippen LogP contribution in [-0.2, 0) is 0 Å². The molecular weight excluding hydrogens is 733 g/mol. The lowest BCUT2D eigenvalue weighted by atomic mass is 9.75. The van der Waals surface area contributed by atoms with Crippen LogP contribution in [0.4, 0.5) is 0 Å². The first-order valence-electron chi connectivity index (χ1n) is 28.3. The van der Waals surface area contributed by atoms with Gasteiger partial charge in [0.1, 0.15) is 0 Å². The molecule has 0 aromatic heterocycles. The molecule has 0 radical (unpaired) electrons. The van der Waals surface area contributed by atoms with E-state index in [4.69, 9.17) is 0 Å². The van der Waals surface area contributed by atoms with Gasteiger partial charge < -0.3 is 0 Å². The lowest BCUT2D eigenvalue weighted by Gasteiger charge is -2.31. The summed E-state index contributed by atoms with van der Waals surface area (Å²) in [6.07, 6.45) is 60.0. The third-order valence-corrected chi connectivity index (χ3v) is 15.3. The summed E-state index contributed by atoms with van der Waals surface area (Å²) in [5.41, 5.74) is 0. The molecule has 0 atom stereocenters. The molecule has 0 N–H and O–H groups in total. The minimum Gasteiger partial charge on any atom is -0.0776 e. The van der Waals surface area contributed by atoms with Crippen LogP contribution in [-0.4, -0.2) is 0 Å². The van der Waals surface area contributed by atoms with E-state index in [1.165, 1.54) is 231 Å². The van der Waals surface area contributed by atoms with E-state index in [1.54, 1.807) is 25.7 Å². The Bertz CT molecular complexity index is 658. The van der Waals surface area contributed by atoms with Crippen LogP contribution in [0.3, 0.4) is 0 Å². The quantitative estimate of drug-likeness (QED) is 0.246. The van der Waals surface area contributed by atoms with Crippen molar-refractivity contribution >= 4 is 0 Å². The van der Waals surface area contributed by atoms with Gasteiger partial charge in [-0.1, -0.05) is 348 Å². The normalized spacial score (nSPS) is 26.9. The van der Waals surface area contributed by atoms with E-state index in [2.05, 4.69) is 41.5 Å². The molecule has 0 unspecified atom stereocenters. The van der Waals surface area contributed by atoms with Crippen molar-refractivity contribution < 1.29 is 0 Å². The summed E-state index contributed by atoms with van der Waals surface area (Å²) in [5, 5.41) is 0. The molecule has 0 aromatic rings. The summed E-state index contributed by atoms with van der Waals surface area (Å²) in [6, 6.07) is 0. The first-order valence-corrected chi connectivity index (χ1v) is 28.3. The predicted molar refractivity (Wildman–Crippen MR) is 290 cm³/mol. The van der Waals surface area contributed by atoms with Gasteiger partial charge in [-0.25, -0.2) is 0 Å². The lowest BCUT2D eigenvalue weighted by molar-refractivity contribution is 0.210. The van der Waals surface area contributed by atoms with Crippen molar-refractivity contribution in [2.45, 2.75) is 348 Å². The smallest absolute Gasteiger partial charge is 0.0386 e. The Morgan fingerprint density at radius 1 is 0.164 bits per heavy atom. The summed E-state index contributed by atoms with van der Waals surface area (Å²) in [5.74, 6) is 8.28. The molecule has 0 bridgehead atoms. The van der Waals surface area contributed by atoms with Crippen LogP contribution in [0.15, 0.2) is 0 Å². The second-order valence-electron chi connectivity index (χ2n) is 21.3. The zero-order valence-electron chi connectivity index (χ0n) is 42.9. The summed E-state index contributed by atoms with van der Waals surface area (Å²) in [6.45, 7) is 22.4. The van der Waals surface area contributed by atoms with Crippen molar-refractivity contribution in [2.75, 3.05) is 0 Å². The van der Waals surface area contributed by atoms with Crippen LogP contribution in [0.25, 0.3) is 0 Å². The fourth-order valence-electron chi connectivity index (χ4n) is 11.1. The molecule has 0 amide bonds. The van der Waals surface area contributed by atoms with Crippen molar-refractivity contribution in [3.05, 3.63) is 0 Å². The Hall–Kier alpha value is 0. The first-order chi connectivity index (χ1) is 28.3. The number of hydrogen-bond acceptors (Lipinski definition) is 0.